The number of carbonyl (C=O) groups is 1. The lowest BCUT2D eigenvalue weighted by Crippen LogP contribution is -2.15. The summed E-state index contributed by atoms with van der Waals surface area (Å²) in [5.41, 5.74) is 2.30. The lowest BCUT2D eigenvalue weighted by Gasteiger charge is -2.04. The van der Waals surface area contributed by atoms with Crippen molar-refractivity contribution in [2.24, 2.45) is 0 Å². The molecule has 124 valence electrons. The van der Waals surface area contributed by atoms with E-state index in [4.69, 9.17) is 9.26 Å². The quantitative estimate of drug-likeness (QED) is 0.668. The van der Waals surface area contributed by atoms with Crippen molar-refractivity contribution in [1.82, 2.24) is 19.9 Å². The molecule has 0 N–H and O–H groups in total. The van der Waals surface area contributed by atoms with Crippen LogP contribution < -0.4 is 0 Å². The first-order valence-electron chi connectivity index (χ1n) is 7.26. The maximum absolute atomic E-state index is 12.9. The van der Waals surface area contributed by atoms with Crippen molar-refractivity contribution in [3.8, 4) is 11.5 Å². The molecule has 3 aromatic rings. The Labute approximate surface area is 137 Å². The van der Waals surface area contributed by atoms with E-state index in [1.165, 1.54) is 24.3 Å². The Morgan fingerprint density at radius 1 is 1.29 bits per heavy atom. The summed E-state index contributed by atoms with van der Waals surface area (Å²) in [6.07, 6.45) is 0. The minimum absolute atomic E-state index is 0.0162. The van der Waals surface area contributed by atoms with Gasteiger partial charge in [0.25, 0.3) is 5.89 Å². The Morgan fingerprint density at radius 2 is 2.04 bits per heavy atom. The van der Waals surface area contributed by atoms with E-state index in [-0.39, 0.29) is 30.7 Å². The van der Waals surface area contributed by atoms with Crippen molar-refractivity contribution in [3.63, 3.8) is 0 Å². The number of hydrogen-bond acceptors (Lipinski definition) is 6. The Kier molecular flexibility index (Phi) is 4.37. The summed E-state index contributed by atoms with van der Waals surface area (Å²) in [4.78, 5) is 16.0. The van der Waals surface area contributed by atoms with Gasteiger partial charge in [-0.15, -0.1) is 0 Å². The molecule has 0 fully saturated rings. The van der Waals surface area contributed by atoms with Gasteiger partial charge >= 0.3 is 5.97 Å². The van der Waals surface area contributed by atoms with Gasteiger partial charge in [0.1, 0.15) is 12.4 Å². The van der Waals surface area contributed by atoms with Crippen molar-refractivity contribution in [2.75, 3.05) is 0 Å². The molecule has 0 spiro atoms. The Bertz CT molecular complexity index is 855. The smallest absolute Gasteiger partial charge is 0.328 e. The summed E-state index contributed by atoms with van der Waals surface area (Å²) in [5.74, 6) is -0.332. The molecule has 0 unspecified atom stereocenters. The number of aromatic nitrogens is 4. The number of carbonyl (C=O) groups excluding carboxylic acids is 1. The van der Waals surface area contributed by atoms with E-state index in [0.717, 1.165) is 11.4 Å². The number of ether oxygens (including phenoxy) is 1. The summed E-state index contributed by atoms with van der Waals surface area (Å²) in [6, 6.07) is 7.53. The maximum Gasteiger partial charge on any atom is 0.328 e. The van der Waals surface area contributed by atoms with Crippen molar-refractivity contribution in [1.29, 1.82) is 0 Å². The first-order chi connectivity index (χ1) is 11.5. The second-order valence-corrected chi connectivity index (χ2v) is 5.27. The number of halogens is 1. The van der Waals surface area contributed by atoms with Crippen molar-refractivity contribution >= 4 is 5.97 Å². The number of aryl methyl sites for hydroxylation is 2. The first kappa shape index (κ1) is 15.9. The van der Waals surface area contributed by atoms with Crippen molar-refractivity contribution in [2.45, 2.75) is 27.0 Å². The predicted octanol–water partition coefficient (Wildman–Crippen LogP) is 2.43. The van der Waals surface area contributed by atoms with E-state index >= 15 is 0 Å². The molecule has 0 radical (unpaired) electrons. The highest BCUT2D eigenvalue weighted by molar-refractivity contribution is 5.69. The molecular formula is C16H15FN4O3. The number of rotatable bonds is 5. The largest absolute Gasteiger partial charge is 0.456 e. The van der Waals surface area contributed by atoms with E-state index in [9.17, 15) is 9.18 Å². The van der Waals surface area contributed by atoms with Gasteiger partial charge in [-0.05, 0) is 44.2 Å². The van der Waals surface area contributed by atoms with Crippen molar-refractivity contribution < 1.29 is 18.4 Å². The minimum Gasteiger partial charge on any atom is -0.456 e. The number of hydrogen-bond donors (Lipinski definition) is 0. The zero-order chi connectivity index (χ0) is 17.1. The van der Waals surface area contributed by atoms with Gasteiger partial charge in [-0.25, -0.2) is 4.39 Å². The normalized spacial score (nSPS) is 10.8. The summed E-state index contributed by atoms with van der Waals surface area (Å²) >= 11 is 0. The molecule has 2 aromatic heterocycles. The highest BCUT2D eigenvalue weighted by Crippen LogP contribution is 2.17. The van der Waals surface area contributed by atoms with E-state index in [2.05, 4.69) is 15.2 Å². The highest BCUT2D eigenvalue weighted by atomic mass is 19.1. The highest BCUT2D eigenvalue weighted by Gasteiger charge is 2.12. The Balaban J connectivity index is 1.58. The Hall–Kier alpha value is -3.03. The fourth-order valence-electron chi connectivity index (χ4n) is 2.17. The van der Waals surface area contributed by atoms with Crippen LogP contribution in [0.15, 0.2) is 34.9 Å². The van der Waals surface area contributed by atoms with Gasteiger partial charge in [0.2, 0.25) is 5.82 Å². The third-order valence-electron chi connectivity index (χ3n) is 3.30. The second-order valence-electron chi connectivity index (χ2n) is 5.27. The monoisotopic (exact) mass is 330 g/mol. The number of nitrogens with zero attached hydrogens (tertiary/aromatic N) is 4. The third kappa shape index (κ3) is 3.65. The molecular weight excluding hydrogens is 315 g/mol. The summed E-state index contributed by atoms with van der Waals surface area (Å²) in [7, 11) is 0. The van der Waals surface area contributed by atoms with Crippen molar-refractivity contribution in [3.05, 3.63) is 53.4 Å². The predicted molar refractivity (Wildman–Crippen MR) is 81.2 cm³/mol. The van der Waals surface area contributed by atoms with Crippen LogP contribution >= 0.6 is 0 Å². The number of benzene rings is 1. The van der Waals surface area contributed by atoms with Crippen LogP contribution in [-0.4, -0.2) is 25.9 Å². The fourth-order valence-corrected chi connectivity index (χ4v) is 2.17. The zero-order valence-corrected chi connectivity index (χ0v) is 13.2. The Morgan fingerprint density at radius 3 is 2.71 bits per heavy atom. The molecule has 3 rings (SSSR count). The summed E-state index contributed by atoms with van der Waals surface area (Å²) < 4.78 is 24.7. The van der Waals surface area contributed by atoms with E-state index in [0.29, 0.717) is 5.56 Å². The van der Waals surface area contributed by atoms with Gasteiger partial charge in [0.05, 0.1) is 5.69 Å². The maximum atomic E-state index is 12.9. The molecule has 0 aliphatic rings. The van der Waals surface area contributed by atoms with Crippen LogP contribution in [0.3, 0.4) is 0 Å². The second kappa shape index (κ2) is 6.61. The molecule has 0 saturated carbocycles. The summed E-state index contributed by atoms with van der Waals surface area (Å²) in [6.45, 7) is 3.62. The molecule has 0 saturated heterocycles. The van der Waals surface area contributed by atoms with E-state index < -0.39 is 5.97 Å². The van der Waals surface area contributed by atoms with Gasteiger partial charge < -0.3 is 9.26 Å². The minimum atomic E-state index is -0.450. The lowest BCUT2D eigenvalue weighted by molar-refractivity contribution is -0.146. The van der Waals surface area contributed by atoms with Gasteiger partial charge in [-0.2, -0.15) is 10.1 Å². The van der Waals surface area contributed by atoms with Gasteiger partial charge in [0.15, 0.2) is 6.61 Å². The van der Waals surface area contributed by atoms with Gasteiger partial charge in [-0.3, -0.25) is 9.48 Å². The van der Waals surface area contributed by atoms with Crippen LogP contribution in [-0.2, 0) is 22.7 Å². The average molecular weight is 330 g/mol. The molecule has 0 amide bonds. The molecule has 24 heavy (non-hydrogen) atoms. The molecule has 0 bridgehead atoms. The van der Waals surface area contributed by atoms with E-state index in [1.54, 1.807) is 4.68 Å². The molecule has 0 atom stereocenters. The van der Waals surface area contributed by atoms with Crippen LogP contribution in [0.25, 0.3) is 11.5 Å². The van der Waals surface area contributed by atoms with Gasteiger partial charge in [-0.1, -0.05) is 5.16 Å². The SMILES string of the molecule is Cc1cc(C)n(CC(=O)OCc2noc(-c3ccc(F)cc3)n2)n1. The fraction of sp³-hybridized carbons (Fsp3) is 0.250. The summed E-state index contributed by atoms with van der Waals surface area (Å²) in [5, 5.41) is 7.93. The van der Waals surface area contributed by atoms with Gasteiger partial charge in [0, 0.05) is 11.3 Å². The average Bonchev–Trinajstić information content (AvgIpc) is 3.13. The van der Waals surface area contributed by atoms with Crippen LogP contribution in [0.4, 0.5) is 4.39 Å². The molecule has 2 heterocycles. The van der Waals surface area contributed by atoms with E-state index in [1.807, 2.05) is 19.9 Å². The van der Waals surface area contributed by atoms with Crippen LogP contribution in [0.2, 0.25) is 0 Å². The zero-order valence-electron chi connectivity index (χ0n) is 13.2. The molecule has 0 aliphatic heterocycles. The molecule has 0 aliphatic carbocycles. The molecule has 1 aromatic carbocycles. The van der Waals surface area contributed by atoms with Crippen LogP contribution in [0.1, 0.15) is 17.2 Å². The van der Waals surface area contributed by atoms with Crippen LogP contribution in [0.5, 0.6) is 0 Å². The molecule has 8 heteroatoms. The topological polar surface area (TPSA) is 83.0 Å². The third-order valence-corrected chi connectivity index (χ3v) is 3.30. The lowest BCUT2D eigenvalue weighted by atomic mass is 10.2. The molecule has 7 nitrogen and oxygen atoms in total. The first-order valence-corrected chi connectivity index (χ1v) is 7.26. The standard InChI is InChI=1S/C16H15FN4O3/c1-10-7-11(2)21(19-10)8-15(22)23-9-14-18-16(24-20-14)12-3-5-13(17)6-4-12/h3-7H,8-9H2,1-2H3. The number of esters is 1. The van der Waals surface area contributed by atoms with Crippen LogP contribution in [0, 0.1) is 19.7 Å².